The quantitative estimate of drug-likeness (QED) is 0.422. The first-order valence-corrected chi connectivity index (χ1v) is 8.90. The van der Waals surface area contributed by atoms with Gasteiger partial charge < -0.3 is 18.9 Å². The van der Waals surface area contributed by atoms with Crippen molar-refractivity contribution in [3.05, 3.63) is 72.3 Å². The van der Waals surface area contributed by atoms with Gasteiger partial charge in [-0.05, 0) is 60.7 Å². The van der Waals surface area contributed by atoms with Gasteiger partial charge in [0.2, 0.25) is 0 Å². The molecule has 7 nitrogen and oxygen atoms in total. The standard InChI is InChI=1S/C23H17NO6/c1-15(25)27-17-6-10-19(11-7-17)29-22-4-3-5-23(21(22)14-24)30-20-12-8-18(9-13-20)28-16(2)26/h3-13H,1-2H3. The number of carbonyl (C=O) groups is 2. The van der Waals surface area contributed by atoms with Gasteiger partial charge in [-0.2, -0.15) is 5.26 Å². The lowest BCUT2D eigenvalue weighted by atomic mass is 10.2. The van der Waals surface area contributed by atoms with Crippen molar-refractivity contribution in [2.24, 2.45) is 0 Å². The smallest absolute Gasteiger partial charge is 0.308 e. The molecule has 7 heteroatoms. The number of ether oxygens (including phenoxy) is 4. The molecule has 0 aromatic heterocycles. The fourth-order valence-corrected chi connectivity index (χ4v) is 2.53. The molecule has 30 heavy (non-hydrogen) atoms. The largest absolute Gasteiger partial charge is 0.456 e. The van der Waals surface area contributed by atoms with Gasteiger partial charge in [0.25, 0.3) is 0 Å². The third kappa shape index (κ3) is 5.36. The average molecular weight is 403 g/mol. The topological polar surface area (TPSA) is 94.8 Å². The van der Waals surface area contributed by atoms with Crippen LogP contribution in [0.2, 0.25) is 0 Å². The third-order valence-corrected chi connectivity index (χ3v) is 3.73. The number of hydrogen-bond acceptors (Lipinski definition) is 7. The maximum absolute atomic E-state index is 11.0. The van der Waals surface area contributed by atoms with E-state index >= 15 is 0 Å². The van der Waals surface area contributed by atoms with Gasteiger partial charge in [-0.15, -0.1) is 0 Å². The van der Waals surface area contributed by atoms with Crippen LogP contribution in [0.1, 0.15) is 19.4 Å². The van der Waals surface area contributed by atoms with E-state index in [1.165, 1.54) is 13.8 Å². The van der Waals surface area contributed by atoms with Crippen LogP contribution in [0.4, 0.5) is 0 Å². The second-order valence-corrected chi connectivity index (χ2v) is 6.08. The summed E-state index contributed by atoms with van der Waals surface area (Å²) < 4.78 is 21.6. The van der Waals surface area contributed by atoms with Crippen LogP contribution in [0.3, 0.4) is 0 Å². The van der Waals surface area contributed by atoms with Crippen LogP contribution in [-0.2, 0) is 9.59 Å². The Balaban J connectivity index is 1.78. The maximum Gasteiger partial charge on any atom is 0.308 e. The maximum atomic E-state index is 11.0. The van der Waals surface area contributed by atoms with Crippen LogP contribution in [0.25, 0.3) is 0 Å². The van der Waals surface area contributed by atoms with E-state index in [-0.39, 0.29) is 5.56 Å². The highest BCUT2D eigenvalue weighted by molar-refractivity contribution is 5.69. The SMILES string of the molecule is CC(=O)Oc1ccc(Oc2cccc(Oc3ccc(OC(C)=O)cc3)c2C#N)cc1. The minimum Gasteiger partial charge on any atom is -0.456 e. The zero-order chi connectivity index (χ0) is 21.5. The molecule has 0 aliphatic heterocycles. The van der Waals surface area contributed by atoms with E-state index in [0.29, 0.717) is 34.5 Å². The zero-order valence-corrected chi connectivity index (χ0v) is 16.2. The average Bonchev–Trinajstić information content (AvgIpc) is 2.70. The number of carbonyl (C=O) groups excluding carboxylic acids is 2. The van der Waals surface area contributed by atoms with Gasteiger partial charge in [0, 0.05) is 13.8 Å². The second kappa shape index (κ2) is 9.26. The Kier molecular flexibility index (Phi) is 6.30. The van der Waals surface area contributed by atoms with Crippen LogP contribution in [0.5, 0.6) is 34.5 Å². The normalized spacial score (nSPS) is 9.90. The molecule has 0 spiro atoms. The molecule has 0 bridgehead atoms. The monoisotopic (exact) mass is 403 g/mol. The minimum absolute atomic E-state index is 0.214. The summed E-state index contributed by atoms with van der Waals surface area (Å²) in [6.45, 7) is 2.64. The highest BCUT2D eigenvalue weighted by Crippen LogP contribution is 2.34. The van der Waals surface area contributed by atoms with Crippen molar-refractivity contribution in [3.8, 4) is 40.6 Å². The number of rotatable bonds is 6. The number of nitriles is 1. The van der Waals surface area contributed by atoms with Gasteiger partial charge in [0.15, 0.2) is 0 Å². The number of hydrogen-bond donors (Lipinski definition) is 0. The van der Waals surface area contributed by atoms with Crippen LogP contribution in [0.15, 0.2) is 66.7 Å². The van der Waals surface area contributed by atoms with Crippen molar-refractivity contribution in [1.82, 2.24) is 0 Å². The molecule has 0 N–H and O–H groups in total. The lowest BCUT2D eigenvalue weighted by Gasteiger charge is -2.12. The molecule has 3 aromatic carbocycles. The molecule has 0 aliphatic rings. The molecule has 0 radical (unpaired) electrons. The Morgan fingerprint density at radius 1 is 0.667 bits per heavy atom. The van der Waals surface area contributed by atoms with E-state index in [9.17, 15) is 14.9 Å². The molecule has 0 saturated heterocycles. The van der Waals surface area contributed by atoms with Gasteiger partial charge in [0.05, 0.1) is 0 Å². The first-order valence-electron chi connectivity index (χ1n) is 8.90. The molecule has 0 amide bonds. The summed E-state index contributed by atoms with van der Waals surface area (Å²) in [6.07, 6.45) is 0. The Bertz CT molecular complexity index is 1020. The van der Waals surface area contributed by atoms with Crippen LogP contribution in [0, 0.1) is 11.3 Å². The summed E-state index contributed by atoms with van der Waals surface area (Å²) in [5.74, 6) is 1.51. The number of benzene rings is 3. The molecular formula is C23H17NO6. The van der Waals surface area contributed by atoms with Gasteiger partial charge >= 0.3 is 11.9 Å². The summed E-state index contributed by atoms with van der Waals surface area (Å²) in [4.78, 5) is 22.0. The molecule has 3 rings (SSSR count). The van der Waals surface area contributed by atoms with E-state index in [1.54, 1.807) is 66.7 Å². The summed E-state index contributed by atoms with van der Waals surface area (Å²) in [5.41, 5.74) is 0.214. The van der Waals surface area contributed by atoms with Crippen LogP contribution in [-0.4, -0.2) is 11.9 Å². The van der Waals surface area contributed by atoms with Gasteiger partial charge in [-0.25, -0.2) is 0 Å². The van der Waals surface area contributed by atoms with Crippen molar-refractivity contribution >= 4 is 11.9 Å². The van der Waals surface area contributed by atoms with Crippen molar-refractivity contribution in [3.63, 3.8) is 0 Å². The summed E-state index contributed by atoms with van der Waals surface area (Å²) in [6, 6.07) is 20.0. The molecule has 0 aliphatic carbocycles. The summed E-state index contributed by atoms with van der Waals surface area (Å²) in [7, 11) is 0. The second-order valence-electron chi connectivity index (χ2n) is 6.08. The fourth-order valence-electron chi connectivity index (χ4n) is 2.53. The predicted molar refractivity (Wildman–Crippen MR) is 107 cm³/mol. The van der Waals surface area contributed by atoms with E-state index in [4.69, 9.17) is 18.9 Å². The van der Waals surface area contributed by atoms with Crippen molar-refractivity contribution in [1.29, 1.82) is 5.26 Å². The van der Waals surface area contributed by atoms with E-state index in [2.05, 4.69) is 6.07 Å². The minimum atomic E-state index is -0.416. The Morgan fingerprint density at radius 2 is 1.03 bits per heavy atom. The molecular weight excluding hydrogens is 386 g/mol. The lowest BCUT2D eigenvalue weighted by Crippen LogP contribution is -2.01. The van der Waals surface area contributed by atoms with Crippen LogP contribution >= 0.6 is 0 Å². The highest BCUT2D eigenvalue weighted by atomic mass is 16.5. The number of nitrogens with zero attached hydrogens (tertiary/aromatic N) is 1. The molecule has 3 aromatic rings. The van der Waals surface area contributed by atoms with Gasteiger partial charge in [-0.3, -0.25) is 9.59 Å². The van der Waals surface area contributed by atoms with Crippen molar-refractivity contribution in [2.75, 3.05) is 0 Å². The summed E-state index contributed by atoms with van der Waals surface area (Å²) >= 11 is 0. The van der Waals surface area contributed by atoms with Crippen LogP contribution < -0.4 is 18.9 Å². The first kappa shape index (κ1) is 20.4. The summed E-state index contributed by atoms with van der Waals surface area (Å²) in [5, 5.41) is 9.62. The predicted octanol–water partition coefficient (Wildman–Crippen LogP) is 4.99. The lowest BCUT2D eigenvalue weighted by molar-refractivity contribution is -0.132. The molecule has 0 fully saturated rings. The first-order chi connectivity index (χ1) is 14.4. The Morgan fingerprint density at radius 3 is 1.37 bits per heavy atom. The van der Waals surface area contributed by atoms with Gasteiger partial charge in [0.1, 0.15) is 46.1 Å². The Hall–Kier alpha value is -4.31. The van der Waals surface area contributed by atoms with E-state index < -0.39 is 11.9 Å². The molecule has 0 saturated carbocycles. The van der Waals surface area contributed by atoms with Crippen molar-refractivity contribution in [2.45, 2.75) is 13.8 Å². The zero-order valence-electron chi connectivity index (χ0n) is 16.2. The van der Waals surface area contributed by atoms with E-state index in [0.717, 1.165) is 0 Å². The highest BCUT2D eigenvalue weighted by Gasteiger charge is 2.13. The van der Waals surface area contributed by atoms with Gasteiger partial charge in [-0.1, -0.05) is 6.07 Å². The molecule has 150 valence electrons. The van der Waals surface area contributed by atoms with E-state index in [1.807, 2.05) is 0 Å². The number of esters is 2. The fraction of sp³-hybridized carbons (Fsp3) is 0.0870. The molecule has 0 unspecified atom stereocenters. The molecule has 0 heterocycles. The van der Waals surface area contributed by atoms with Crippen molar-refractivity contribution < 1.29 is 28.5 Å². The molecule has 0 atom stereocenters. The Labute approximate surface area is 173 Å². The third-order valence-electron chi connectivity index (χ3n) is 3.73.